The zero-order valence-electron chi connectivity index (χ0n) is 39.8. The molecule has 10 aromatic rings. The summed E-state index contributed by atoms with van der Waals surface area (Å²) >= 11 is 0. The monoisotopic (exact) mass is 665 g/mol. The van der Waals surface area contributed by atoms with Crippen LogP contribution < -0.4 is 4.90 Å². The van der Waals surface area contributed by atoms with Gasteiger partial charge in [-0.3, -0.25) is 0 Å². The van der Waals surface area contributed by atoms with Gasteiger partial charge in [-0.15, -0.1) is 0 Å². The van der Waals surface area contributed by atoms with Gasteiger partial charge in [0.05, 0.1) is 34.5 Å². The Labute approximate surface area is 314 Å². The molecule has 2 heterocycles. The van der Waals surface area contributed by atoms with E-state index in [1.165, 1.54) is 0 Å². The van der Waals surface area contributed by atoms with E-state index < -0.39 is 95.5 Å². The fraction of sp³-hybridized carbons (Fsp3) is 0. The van der Waals surface area contributed by atoms with Gasteiger partial charge in [0.1, 0.15) is 11.2 Å². The molecule has 0 bridgehead atoms. The van der Waals surface area contributed by atoms with E-state index in [0.29, 0.717) is 33.1 Å². The lowest BCUT2D eigenvalue weighted by atomic mass is 9.98. The molecule has 0 saturated carbocycles. The van der Waals surface area contributed by atoms with Gasteiger partial charge in [-0.05, 0) is 71.7 Å². The fourth-order valence-electron chi connectivity index (χ4n) is 6.91. The highest BCUT2D eigenvalue weighted by molar-refractivity contribution is 6.13. The third-order valence-electron chi connectivity index (χ3n) is 9.10. The lowest BCUT2D eigenvalue weighted by Crippen LogP contribution is -2.10. The Hall–Kier alpha value is -6.84. The lowest BCUT2D eigenvalue weighted by Gasteiger charge is -2.26. The minimum absolute atomic E-state index is 0.111. The van der Waals surface area contributed by atoms with Crippen LogP contribution in [0.4, 0.5) is 17.1 Å². The van der Waals surface area contributed by atoms with Gasteiger partial charge in [-0.25, -0.2) is 0 Å². The Bertz CT molecular complexity index is 3520. The van der Waals surface area contributed by atoms with Gasteiger partial charge in [-0.2, -0.15) is 0 Å². The molecular formula is C48H32N2O. The van der Waals surface area contributed by atoms with Crippen LogP contribution in [0, 0.1) is 0 Å². The number of aromatic nitrogens is 1. The van der Waals surface area contributed by atoms with E-state index in [1.54, 1.807) is 12.1 Å². The van der Waals surface area contributed by atoms with Gasteiger partial charge in [0.25, 0.3) is 0 Å². The van der Waals surface area contributed by atoms with Gasteiger partial charge in [0, 0.05) is 49.7 Å². The number of nitrogens with zero attached hydrogens (tertiary/aromatic N) is 2. The second-order valence-electron chi connectivity index (χ2n) is 12.0. The molecule has 0 spiro atoms. The molecule has 0 atom stereocenters. The molecule has 0 aliphatic rings. The predicted molar refractivity (Wildman–Crippen MR) is 214 cm³/mol. The van der Waals surface area contributed by atoms with Crippen molar-refractivity contribution in [1.82, 2.24) is 4.57 Å². The van der Waals surface area contributed by atoms with E-state index in [9.17, 15) is 8.22 Å². The fourth-order valence-corrected chi connectivity index (χ4v) is 6.91. The average molecular weight is 666 g/mol. The van der Waals surface area contributed by atoms with Crippen molar-refractivity contribution in [1.29, 1.82) is 0 Å². The van der Waals surface area contributed by atoms with E-state index >= 15 is 0 Å². The van der Waals surface area contributed by atoms with Crippen molar-refractivity contribution in [3.8, 4) is 27.9 Å². The van der Waals surface area contributed by atoms with Crippen molar-refractivity contribution >= 4 is 60.8 Å². The normalized spacial score (nSPS) is 15.1. The van der Waals surface area contributed by atoms with Crippen LogP contribution in [-0.4, -0.2) is 4.57 Å². The Morgan fingerprint density at radius 3 is 1.86 bits per heavy atom. The third-order valence-corrected chi connectivity index (χ3v) is 9.10. The second-order valence-corrected chi connectivity index (χ2v) is 12.0. The Balaban J connectivity index is 1.34. The number of fused-ring (bicyclic) bond motifs is 6. The Morgan fingerprint density at radius 1 is 0.451 bits per heavy atom. The van der Waals surface area contributed by atoms with Crippen LogP contribution in [-0.2, 0) is 0 Å². The van der Waals surface area contributed by atoms with E-state index in [4.69, 9.17) is 14.0 Å². The first-order chi connectivity index (χ1) is 30.7. The van der Waals surface area contributed by atoms with E-state index in [1.807, 2.05) is 84.9 Å². The van der Waals surface area contributed by atoms with Crippen LogP contribution in [0.2, 0.25) is 0 Å². The highest BCUT2D eigenvalue weighted by atomic mass is 16.3. The van der Waals surface area contributed by atoms with Gasteiger partial charge < -0.3 is 13.9 Å². The van der Waals surface area contributed by atoms with Crippen LogP contribution in [0.25, 0.3) is 71.7 Å². The molecule has 240 valence electrons. The standard InChI is InChI=1S/C48H32N2O/c1-3-15-33(16-4-1)34-27-29-36(30-28-34)49(35-17-5-2-6-18-35)37-31-42(48-43(32-37)41-22-10-14-26-47(41)51-48)40-21-9-13-25-46(40)50-44-23-11-7-19-38(44)39-20-8-12-24-45(39)50/h1-32H/i1D,2D,3D,4D,5D,6D,15D,17D,18D,27D,28D,29D,30D. The van der Waals surface area contributed by atoms with Gasteiger partial charge in [0.15, 0.2) is 0 Å². The molecule has 3 nitrogen and oxygen atoms in total. The molecule has 51 heavy (non-hydrogen) atoms. The smallest absolute Gasteiger partial charge is 0.143 e. The first-order valence-electron chi connectivity index (χ1n) is 22.8. The highest BCUT2D eigenvalue weighted by Gasteiger charge is 2.22. The van der Waals surface area contributed by atoms with E-state index in [-0.39, 0.29) is 11.3 Å². The minimum Gasteiger partial charge on any atom is -0.455 e. The maximum absolute atomic E-state index is 9.53. The summed E-state index contributed by atoms with van der Waals surface area (Å²) in [6, 6.07) is 27.2. The molecule has 0 aliphatic carbocycles. The molecular weight excluding hydrogens is 621 g/mol. The molecule has 0 unspecified atom stereocenters. The summed E-state index contributed by atoms with van der Waals surface area (Å²) in [6.45, 7) is 0. The Morgan fingerprint density at radius 2 is 1.08 bits per heavy atom. The topological polar surface area (TPSA) is 21.3 Å². The molecule has 8 aromatic carbocycles. The summed E-state index contributed by atoms with van der Waals surface area (Å²) in [7, 11) is 0. The zero-order chi connectivity index (χ0) is 45.0. The number of hydrogen-bond donors (Lipinski definition) is 0. The summed E-state index contributed by atoms with van der Waals surface area (Å²) < 4.78 is 124. The first-order valence-corrected chi connectivity index (χ1v) is 16.3. The van der Waals surface area contributed by atoms with Gasteiger partial charge >= 0.3 is 0 Å². The molecule has 3 heteroatoms. The molecule has 2 aromatic heterocycles. The van der Waals surface area contributed by atoms with Crippen LogP contribution in [0.1, 0.15) is 17.8 Å². The maximum atomic E-state index is 9.53. The number of rotatable bonds is 6. The summed E-state index contributed by atoms with van der Waals surface area (Å²) in [5.41, 5.74) is 3.31. The van der Waals surface area contributed by atoms with Crippen LogP contribution in [0.15, 0.2) is 198 Å². The molecule has 0 aliphatic heterocycles. The van der Waals surface area contributed by atoms with E-state index in [0.717, 1.165) is 38.5 Å². The van der Waals surface area contributed by atoms with Gasteiger partial charge in [-0.1, -0.05) is 133 Å². The van der Waals surface area contributed by atoms with Crippen LogP contribution in [0.5, 0.6) is 0 Å². The summed E-state index contributed by atoms with van der Waals surface area (Å²) in [4.78, 5) is 1.15. The highest BCUT2D eigenvalue weighted by Crippen LogP contribution is 2.45. The van der Waals surface area contributed by atoms with Crippen molar-refractivity contribution in [3.05, 3.63) is 194 Å². The Kier molecular flexibility index (Phi) is 4.40. The quantitative estimate of drug-likeness (QED) is 0.176. The zero-order valence-corrected chi connectivity index (χ0v) is 26.8. The van der Waals surface area contributed by atoms with Crippen LogP contribution in [0.3, 0.4) is 0 Å². The molecule has 10 rings (SSSR count). The molecule has 0 radical (unpaired) electrons. The summed E-state index contributed by atoms with van der Waals surface area (Å²) in [5, 5.41) is 3.27. The van der Waals surface area contributed by atoms with Crippen molar-refractivity contribution < 1.29 is 22.2 Å². The number of benzene rings is 8. The van der Waals surface area contributed by atoms with Gasteiger partial charge in [0.2, 0.25) is 0 Å². The second kappa shape index (κ2) is 11.9. The number of furan rings is 1. The predicted octanol–water partition coefficient (Wildman–Crippen LogP) is 13.5. The van der Waals surface area contributed by atoms with Crippen molar-refractivity contribution in [2.75, 3.05) is 4.90 Å². The molecule has 0 amide bonds. The minimum atomic E-state index is -0.695. The number of anilines is 3. The van der Waals surface area contributed by atoms with Crippen molar-refractivity contribution in [2.45, 2.75) is 0 Å². The van der Waals surface area contributed by atoms with Crippen molar-refractivity contribution in [3.63, 3.8) is 0 Å². The lowest BCUT2D eigenvalue weighted by molar-refractivity contribution is 0.670. The molecule has 0 saturated heterocycles. The molecule has 0 fully saturated rings. The average Bonchev–Trinajstić information content (AvgIpc) is 3.85. The van der Waals surface area contributed by atoms with Crippen LogP contribution >= 0.6 is 0 Å². The SMILES string of the molecule is [2H]c1cc(-c2c([2H])c([2H])c(N(c3cc(-c4ccccc4-n4c5ccccc5c5ccccc54)c4oc5ccccc5c4c3)c3c([2H])c([2H])c([2H])c([2H])c3[2H])c([2H])c2[2H])c([2H])c([2H])c1[2H]. The van der Waals surface area contributed by atoms with E-state index in [2.05, 4.69) is 16.7 Å². The third kappa shape index (κ3) is 4.82. The largest absolute Gasteiger partial charge is 0.455 e. The van der Waals surface area contributed by atoms with Crippen molar-refractivity contribution in [2.24, 2.45) is 0 Å². The first kappa shape index (κ1) is 18.8. The number of hydrogen-bond acceptors (Lipinski definition) is 2. The summed E-state index contributed by atoms with van der Waals surface area (Å²) in [6.07, 6.45) is 0. The summed E-state index contributed by atoms with van der Waals surface area (Å²) in [5.74, 6) is 0. The maximum Gasteiger partial charge on any atom is 0.143 e. The molecule has 0 N–H and O–H groups in total. The number of para-hydroxylation sites is 5.